The molecule has 0 radical (unpaired) electrons. The molecule has 0 spiro atoms. The number of rotatable bonds is 6. The summed E-state index contributed by atoms with van der Waals surface area (Å²) in [4.78, 5) is 27.6. The van der Waals surface area contributed by atoms with Crippen LogP contribution in [0.25, 0.3) is 10.2 Å². The molecule has 0 N–H and O–H groups in total. The molecule has 0 unspecified atom stereocenters. The zero-order valence-corrected chi connectivity index (χ0v) is 16.1. The van der Waals surface area contributed by atoms with Crippen LogP contribution >= 0.6 is 23.1 Å². The van der Waals surface area contributed by atoms with Gasteiger partial charge in [0, 0.05) is 24.4 Å². The second-order valence-corrected chi connectivity index (χ2v) is 7.74. The lowest BCUT2D eigenvalue weighted by Crippen LogP contribution is -2.18. The van der Waals surface area contributed by atoms with Gasteiger partial charge in [-0.25, -0.2) is 4.39 Å². The fraction of sp³-hybridized carbons (Fsp3) is 0.222. The van der Waals surface area contributed by atoms with Crippen LogP contribution in [0.4, 0.5) is 10.1 Å². The van der Waals surface area contributed by atoms with Gasteiger partial charge in [0.15, 0.2) is 4.80 Å². The van der Waals surface area contributed by atoms with E-state index >= 15 is 0 Å². The molecule has 6 nitrogen and oxygen atoms in total. The van der Waals surface area contributed by atoms with Crippen molar-refractivity contribution in [1.29, 1.82) is 0 Å². The van der Waals surface area contributed by atoms with E-state index in [2.05, 4.69) is 4.99 Å². The molecule has 140 valence electrons. The van der Waals surface area contributed by atoms with E-state index in [0.29, 0.717) is 21.6 Å². The Balaban J connectivity index is 1.99. The van der Waals surface area contributed by atoms with Crippen molar-refractivity contribution in [3.8, 4) is 0 Å². The number of aryl methyl sites for hydroxylation is 1. The molecule has 0 bridgehead atoms. The van der Waals surface area contributed by atoms with Crippen molar-refractivity contribution in [2.24, 2.45) is 4.99 Å². The van der Waals surface area contributed by atoms with Crippen molar-refractivity contribution in [2.45, 2.75) is 13.0 Å². The number of carbonyl (C=O) groups excluding carboxylic acids is 1. The first-order valence-corrected chi connectivity index (χ1v) is 10.3. The van der Waals surface area contributed by atoms with Gasteiger partial charge < -0.3 is 4.57 Å². The molecule has 3 aromatic rings. The fourth-order valence-electron chi connectivity index (χ4n) is 2.58. The Morgan fingerprint density at radius 3 is 2.70 bits per heavy atom. The molecule has 1 amide bonds. The van der Waals surface area contributed by atoms with Crippen molar-refractivity contribution in [3.05, 3.63) is 68.8 Å². The number of thiazole rings is 1. The molecule has 27 heavy (non-hydrogen) atoms. The summed E-state index contributed by atoms with van der Waals surface area (Å²) in [6, 6.07) is 10.4. The average molecular weight is 405 g/mol. The number of halogens is 1. The number of benzene rings is 2. The molecule has 0 aliphatic rings. The molecule has 9 heteroatoms. The van der Waals surface area contributed by atoms with E-state index in [-0.39, 0.29) is 23.8 Å². The first kappa shape index (κ1) is 19.2. The average Bonchev–Trinajstić information content (AvgIpc) is 2.97. The molecule has 2 aromatic carbocycles. The minimum Gasteiger partial charge on any atom is -0.316 e. The summed E-state index contributed by atoms with van der Waals surface area (Å²) in [6.45, 7) is 0.641. The Bertz CT molecular complexity index is 1060. The number of hydrogen-bond acceptors (Lipinski definition) is 5. The van der Waals surface area contributed by atoms with Gasteiger partial charge in [-0.2, -0.15) is 16.8 Å². The lowest BCUT2D eigenvalue weighted by Gasteiger charge is -2.03. The standard InChI is InChI=1S/C18H16FN3O3S2/c1-26-9-8-21-15-7-6-14(22(24)25)11-16(15)27-18(21)20-17(23)10-12-2-4-13(19)5-3-12/h2-7,11H,8-10H2,1H3. The quantitative estimate of drug-likeness (QED) is 0.462. The van der Waals surface area contributed by atoms with Crippen LogP contribution in [0.2, 0.25) is 0 Å². The smallest absolute Gasteiger partial charge is 0.270 e. The number of thioether (sulfide) groups is 1. The molecule has 3 rings (SSSR count). The highest BCUT2D eigenvalue weighted by atomic mass is 32.2. The fourth-order valence-corrected chi connectivity index (χ4v) is 4.05. The number of carbonyl (C=O) groups is 1. The van der Waals surface area contributed by atoms with Crippen molar-refractivity contribution in [3.63, 3.8) is 0 Å². The molecular weight excluding hydrogens is 389 g/mol. The normalized spacial score (nSPS) is 11.9. The third-order valence-electron chi connectivity index (χ3n) is 3.89. The maximum absolute atomic E-state index is 13.0. The van der Waals surface area contributed by atoms with Gasteiger partial charge in [-0.15, -0.1) is 0 Å². The molecule has 1 heterocycles. The van der Waals surface area contributed by atoms with E-state index in [1.807, 2.05) is 10.8 Å². The predicted molar refractivity (Wildman–Crippen MR) is 106 cm³/mol. The van der Waals surface area contributed by atoms with Crippen LogP contribution in [0.5, 0.6) is 0 Å². The van der Waals surface area contributed by atoms with Crippen LogP contribution in [0, 0.1) is 15.9 Å². The summed E-state index contributed by atoms with van der Waals surface area (Å²) in [7, 11) is 0. The van der Waals surface area contributed by atoms with Crippen LogP contribution in [0.15, 0.2) is 47.5 Å². The molecule has 0 saturated carbocycles. The highest BCUT2D eigenvalue weighted by Crippen LogP contribution is 2.23. The third kappa shape index (κ3) is 4.61. The number of fused-ring (bicyclic) bond motifs is 1. The summed E-state index contributed by atoms with van der Waals surface area (Å²) in [6.07, 6.45) is 2.05. The van der Waals surface area contributed by atoms with Crippen molar-refractivity contribution < 1.29 is 14.1 Å². The van der Waals surface area contributed by atoms with E-state index < -0.39 is 4.92 Å². The van der Waals surface area contributed by atoms with Crippen molar-refractivity contribution >= 4 is 44.9 Å². The van der Waals surface area contributed by atoms with Crippen LogP contribution in [-0.2, 0) is 17.8 Å². The van der Waals surface area contributed by atoms with E-state index in [9.17, 15) is 19.3 Å². The third-order valence-corrected chi connectivity index (χ3v) is 5.52. The first-order chi connectivity index (χ1) is 13.0. The summed E-state index contributed by atoms with van der Waals surface area (Å²) < 4.78 is 15.6. The van der Waals surface area contributed by atoms with Gasteiger partial charge in [0.1, 0.15) is 5.82 Å². The molecule has 0 saturated heterocycles. The van der Waals surface area contributed by atoms with Gasteiger partial charge in [-0.05, 0) is 30.0 Å². The number of nitro groups is 1. The van der Waals surface area contributed by atoms with Gasteiger partial charge in [-0.3, -0.25) is 14.9 Å². The molecule has 0 atom stereocenters. The number of aromatic nitrogens is 1. The monoisotopic (exact) mass is 405 g/mol. The number of nitro benzene ring substituents is 1. The SMILES string of the molecule is CSCCn1c(=NC(=O)Cc2ccc(F)cc2)sc2cc([N+](=O)[O-])ccc21. The summed E-state index contributed by atoms with van der Waals surface area (Å²) in [5, 5.41) is 11.0. The highest BCUT2D eigenvalue weighted by molar-refractivity contribution is 7.98. The van der Waals surface area contributed by atoms with Gasteiger partial charge in [-0.1, -0.05) is 23.5 Å². The van der Waals surface area contributed by atoms with Crippen LogP contribution in [0.1, 0.15) is 5.56 Å². The minimum atomic E-state index is -0.443. The van der Waals surface area contributed by atoms with Crippen LogP contribution < -0.4 is 4.80 Å². The summed E-state index contributed by atoms with van der Waals surface area (Å²) in [5.41, 5.74) is 1.50. The van der Waals surface area contributed by atoms with Crippen LogP contribution in [-0.4, -0.2) is 27.4 Å². The topological polar surface area (TPSA) is 77.5 Å². The second kappa shape index (κ2) is 8.45. The summed E-state index contributed by atoms with van der Waals surface area (Å²) >= 11 is 2.91. The van der Waals surface area contributed by atoms with Gasteiger partial charge >= 0.3 is 0 Å². The predicted octanol–water partition coefficient (Wildman–Crippen LogP) is 3.78. The molecule has 0 aliphatic heterocycles. The van der Waals surface area contributed by atoms with E-state index in [1.165, 1.54) is 35.6 Å². The highest BCUT2D eigenvalue weighted by Gasteiger charge is 2.13. The van der Waals surface area contributed by atoms with Crippen molar-refractivity contribution in [2.75, 3.05) is 12.0 Å². The van der Waals surface area contributed by atoms with Gasteiger partial charge in [0.05, 0.1) is 21.6 Å². The number of non-ortho nitro benzene ring substituents is 1. The zero-order valence-electron chi connectivity index (χ0n) is 14.4. The lowest BCUT2D eigenvalue weighted by atomic mass is 10.1. The molecule has 0 aliphatic carbocycles. The Morgan fingerprint density at radius 1 is 1.30 bits per heavy atom. The number of amides is 1. The van der Waals surface area contributed by atoms with Gasteiger partial charge in [0.2, 0.25) is 0 Å². The molecule has 0 fully saturated rings. The minimum absolute atomic E-state index is 0.00459. The van der Waals surface area contributed by atoms with E-state index in [1.54, 1.807) is 30.0 Å². The van der Waals surface area contributed by atoms with Gasteiger partial charge in [0.25, 0.3) is 11.6 Å². The van der Waals surface area contributed by atoms with Crippen molar-refractivity contribution in [1.82, 2.24) is 4.57 Å². The summed E-state index contributed by atoms with van der Waals surface area (Å²) in [5.74, 6) is 0.118. The Morgan fingerprint density at radius 2 is 2.04 bits per heavy atom. The lowest BCUT2D eigenvalue weighted by molar-refractivity contribution is -0.384. The number of hydrogen-bond donors (Lipinski definition) is 0. The second-order valence-electron chi connectivity index (χ2n) is 5.75. The molecule has 1 aromatic heterocycles. The number of nitrogens with zero attached hydrogens (tertiary/aromatic N) is 3. The van der Waals surface area contributed by atoms with Crippen LogP contribution in [0.3, 0.4) is 0 Å². The largest absolute Gasteiger partial charge is 0.316 e. The first-order valence-electron chi connectivity index (χ1n) is 8.06. The molecular formula is C18H16FN3O3S2. The Labute approximate surface area is 162 Å². The maximum atomic E-state index is 13.0. The Hall–Kier alpha value is -2.52. The van der Waals surface area contributed by atoms with E-state index in [0.717, 1.165) is 11.3 Å². The zero-order chi connectivity index (χ0) is 19.4. The van der Waals surface area contributed by atoms with E-state index in [4.69, 9.17) is 0 Å². The maximum Gasteiger partial charge on any atom is 0.270 e. The Kier molecular flexibility index (Phi) is 6.02.